The van der Waals surface area contributed by atoms with Crippen LogP contribution in [0.4, 0.5) is 0 Å². The maximum atomic E-state index is 11.1. The number of carbonyl (C=O) groups excluding carboxylic acids is 1. The van der Waals surface area contributed by atoms with E-state index in [1.165, 1.54) is 0 Å². The second kappa shape index (κ2) is 2.62. The van der Waals surface area contributed by atoms with Gasteiger partial charge in [-0.05, 0) is 25.1 Å². The summed E-state index contributed by atoms with van der Waals surface area (Å²) in [6.07, 6.45) is 0. The molecule has 1 aromatic carbocycles. The molecule has 0 spiro atoms. The number of rotatable bonds is 1. The second-order valence-corrected chi connectivity index (χ2v) is 2.96. The fourth-order valence-corrected chi connectivity index (χ4v) is 1.53. The molecule has 0 bridgehead atoms. The fraction of sp³-hybridized carbons (Fsp3) is 0.100. The van der Waals surface area contributed by atoms with Crippen molar-refractivity contribution in [2.75, 3.05) is 0 Å². The average molecular weight is 173 g/mol. The van der Waals surface area contributed by atoms with Crippen molar-refractivity contribution in [3.63, 3.8) is 0 Å². The zero-order valence-corrected chi connectivity index (χ0v) is 7.22. The maximum absolute atomic E-state index is 11.1. The molecule has 0 fully saturated rings. The highest BCUT2D eigenvalue weighted by molar-refractivity contribution is 6.07. The third-order valence-corrected chi connectivity index (χ3v) is 2.08. The minimum atomic E-state index is -0.400. The summed E-state index contributed by atoms with van der Waals surface area (Å²) < 4.78 is 0. The number of nitrogens with one attached hydrogen (secondary N) is 1. The predicted molar refractivity (Wildman–Crippen MR) is 50.4 cm³/mol. The van der Waals surface area contributed by atoms with Gasteiger partial charge in [-0.3, -0.25) is 4.79 Å². The van der Waals surface area contributed by atoms with Crippen LogP contribution in [-0.2, 0) is 0 Å². The largest absolute Gasteiger partial charge is 0.366 e. The van der Waals surface area contributed by atoms with Crippen molar-refractivity contribution in [1.82, 2.24) is 4.98 Å². The molecule has 0 aliphatic rings. The first-order valence-electron chi connectivity index (χ1n) is 3.98. The maximum Gasteiger partial charge on any atom is 0.251 e. The molecule has 0 unspecified atom stereocenters. The van der Waals surface area contributed by atoms with Gasteiger partial charge in [-0.25, -0.2) is 0 Å². The standard InChI is InChI=1S/C10H9N2O/c1-6-9(10(11)13)7-4-2-3-5-8(7)12-6/h3-5,12H,1H3,(H2,11,13). The Morgan fingerprint density at radius 3 is 3.08 bits per heavy atom. The molecule has 0 atom stereocenters. The minimum absolute atomic E-state index is 0.400. The number of hydrogen-bond donors (Lipinski definition) is 2. The number of carbonyl (C=O) groups is 1. The first-order chi connectivity index (χ1) is 6.20. The number of aromatic nitrogens is 1. The van der Waals surface area contributed by atoms with Gasteiger partial charge in [-0.2, -0.15) is 0 Å². The van der Waals surface area contributed by atoms with Crippen LogP contribution in [-0.4, -0.2) is 10.9 Å². The zero-order valence-electron chi connectivity index (χ0n) is 7.22. The molecule has 1 aromatic heterocycles. The van der Waals surface area contributed by atoms with Gasteiger partial charge in [0.05, 0.1) is 5.56 Å². The summed E-state index contributed by atoms with van der Waals surface area (Å²) in [5.74, 6) is -0.400. The number of aryl methyl sites for hydroxylation is 1. The van der Waals surface area contributed by atoms with Crippen LogP contribution in [0.3, 0.4) is 0 Å². The topological polar surface area (TPSA) is 58.9 Å². The van der Waals surface area contributed by atoms with Crippen LogP contribution in [0.5, 0.6) is 0 Å². The van der Waals surface area contributed by atoms with Crippen molar-refractivity contribution < 1.29 is 4.79 Å². The van der Waals surface area contributed by atoms with E-state index in [0.29, 0.717) is 5.56 Å². The Hall–Kier alpha value is -1.77. The molecule has 3 N–H and O–H groups in total. The van der Waals surface area contributed by atoms with E-state index in [1.54, 1.807) is 12.1 Å². The van der Waals surface area contributed by atoms with Crippen LogP contribution in [0.15, 0.2) is 18.2 Å². The molecular formula is C10H9N2O. The summed E-state index contributed by atoms with van der Waals surface area (Å²) in [5, 5.41) is 0.840. The number of amides is 1. The number of aromatic amines is 1. The third kappa shape index (κ3) is 1.09. The zero-order chi connectivity index (χ0) is 9.42. The van der Waals surface area contributed by atoms with Crippen molar-refractivity contribution >= 4 is 16.8 Å². The van der Waals surface area contributed by atoms with E-state index in [9.17, 15) is 4.79 Å². The Labute approximate surface area is 75.6 Å². The number of H-pyrrole nitrogens is 1. The van der Waals surface area contributed by atoms with Gasteiger partial charge in [0, 0.05) is 16.6 Å². The summed E-state index contributed by atoms with van der Waals surface area (Å²) in [5.41, 5.74) is 7.54. The van der Waals surface area contributed by atoms with Gasteiger partial charge in [-0.15, -0.1) is 0 Å². The smallest absolute Gasteiger partial charge is 0.251 e. The average Bonchev–Trinajstić information content (AvgIpc) is 2.39. The lowest BCUT2D eigenvalue weighted by Crippen LogP contribution is -2.11. The summed E-state index contributed by atoms with van der Waals surface area (Å²) in [4.78, 5) is 14.2. The number of fused-ring (bicyclic) bond motifs is 1. The van der Waals surface area contributed by atoms with E-state index in [2.05, 4.69) is 11.1 Å². The Bertz CT molecular complexity index is 471. The molecule has 0 aliphatic heterocycles. The van der Waals surface area contributed by atoms with Gasteiger partial charge in [0.2, 0.25) is 0 Å². The molecule has 2 aromatic rings. The van der Waals surface area contributed by atoms with Gasteiger partial charge in [0.25, 0.3) is 5.91 Å². The molecule has 0 aliphatic carbocycles. The highest BCUT2D eigenvalue weighted by Crippen LogP contribution is 2.20. The molecule has 1 amide bonds. The molecule has 0 saturated heterocycles. The second-order valence-electron chi connectivity index (χ2n) is 2.96. The number of primary amides is 1. The van der Waals surface area contributed by atoms with Crippen molar-refractivity contribution in [2.24, 2.45) is 5.73 Å². The number of nitrogens with two attached hydrogens (primary N) is 1. The molecular weight excluding hydrogens is 164 g/mol. The van der Waals surface area contributed by atoms with Crippen LogP contribution in [0.1, 0.15) is 16.1 Å². The lowest BCUT2D eigenvalue weighted by atomic mass is 10.1. The fourth-order valence-electron chi connectivity index (χ4n) is 1.53. The molecule has 1 radical (unpaired) electrons. The van der Waals surface area contributed by atoms with Gasteiger partial charge in [0.1, 0.15) is 0 Å². The van der Waals surface area contributed by atoms with E-state index in [1.807, 2.05) is 13.0 Å². The first-order valence-corrected chi connectivity index (χ1v) is 3.98. The van der Waals surface area contributed by atoms with Crippen molar-refractivity contribution in [3.05, 3.63) is 35.5 Å². The Morgan fingerprint density at radius 2 is 2.38 bits per heavy atom. The summed E-state index contributed by atoms with van der Waals surface area (Å²) >= 11 is 0. The van der Waals surface area contributed by atoms with Crippen molar-refractivity contribution in [3.8, 4) is 0 Å². The predicted octanol–water partition coefficient (Wildman–Crippen LogP) is 1.38. The summed E-state index contributed by atoms with van der Waals surface area (Å²) in [7, 11) is 0. The van der Waals surface area contributed by atoms with E-state index in [-0.39, 0.29) is 0 Å². The van der Waals surface area contributed by atoms with Crippen LogP contribution in [0, 0.1) is 13.0 Å². The van der Waals surface area contributed by atoms with E-state index < -0.39 is 5.91 Å². The molecule has 3 nitrogen and oxygen atoms in total. The molecule has 13 heavy (non-hydrogen) atoms. The van der Waals surface area contributed by atoms with E-state index in [0.717, 1.165) is 16.6 Å². The molecule has 0 saturated carbocycles. The third-order valence-electron chi connectivity index (χ3n) is 2.08. The van der Waals surface area contributed by atoms with Gasteiger partial charge in [0.15, 0.2) is 0 Å². The SMILES string of the molecule is Cc1[nH]c2cc[c]cc2c1C(N)=O. The van der Waals surface area contributed by atoms with Crippen LogP contribution in [0.2, 0.25) is 0 Å². The Morgan fingerprint density at radius 1 is 1.62 bits per heavy atom. The molecule has 65 valence electrons. The number of benzene rings is 1. The highest BCUT2D eigenvalue weighted by Gasteiger charge is 2.11. The Kier molecular flexibility index (Phi) is 1.59. The molecule has 2 rings (SSSR count). The van der Waals surface area contributed by atoms with Crippen LogP contribution >= 0.6 is 0 Å². The first kappa shape index (κ1) is 7.86. The number of hydrogen-bond acceptors (Lipinski definition) is 1. The summed E-state index contributed by atoms with van der Waals surface area (Å²) in [6, 6.07) is 8.34. The van der Waals surface area contributed by atoms with E-state index >= 15 is 0 Å². The Balaban J connectivity index is 2.86. The van der Waals surface area contributed by atoms with Crippen LogP contribution < -0.4 is 5.73 Å². The molecule has 3 heteroatoms. The van der Waals surface area contributed by atoms with Crippen molar-refractivity contribution in [1.29, 1.82) is 0 Å². The monoisotopic (exact) mass is 173 g/mol. The van der Waals surface area contributed by atoms with E-state index in [4.69, 9.17) is 5.73 Å². The summed E-state index contributed by atoms with van der Waals surface area (Å²) in [6.45, 7) is 1.83. The van der Waals surface area contributed by atoms with Crippen molar-refractivity contribution in [2.45, 2.75) is 6.92 Å². The van der Waals surface area contributed by atoms with Crippen LogP contribution in [0.25, 0.3) is 10.9 Å². The minimum Gasteiger partial charge on any atom is -0.366 e. The highest BCUT2D eigenvalue weighted by atomic mass is 16.1. The molecule has 1 heterocycles. The van der Waals surface area contributed by atoms with Gasteiger partial charge < -0.3 is 10.7 Å². The normalized spacial score (nSPS) is 10.5. The quantitative estimate of drug-likeness (QED) is 0.672. The lowest BCUT2D eigenvalue weighted by molar-refractivity contribution is 0.100. The lowest BCUT2D eigenvalue weighted by Gasteiger charge is -1.92. The van der Waals surface area contributed by atoms with Gasteiger partial charge in [-0.1, -0.05) is 6.07 Å². The van der Waals surface area contributed by atoms with Gasteiger partial charge >= 0.3 is 0 Å².